The van der Waals surface area contributed by atoms with Crippen LogP contribution in [-0.2, 0) is 0 Å². The van der Waals surface area contributed by atoms with Gasteiger partial charge in [-0.05, 0) is 48.4 Å². The molecule has 206 valence electrons. The lowest BCUT2D eigenvalue weighted by atomic mass is 9.76. The number of nitrogens with one attached hydrogen (secondary N) is 1. The molecule has 1 N–H and O–H groups in total. The summed E-state index contributed by atoms with van der Waals surface area (Å²) in [5.74, 6) is -0.128. The van der Waals surface area contributed by atoms with Gasteiger partial charge in [0.1, 0.15) is 0 Å². The Balaban J connectivity index is 1.41. The van der Waals surface area contributed by atoms with Crippen LogP contribution in [0.4, 0.5) is 17.1 Å². The third-order valence-electron chi connectivity index (χ3n) is 8.27. The van der Waals surface area contributed by atoms with Gasteiger partial charge >= 0.3 is 0 Å². The Hall–Kier alpha value is -3.63. The first kappa shape index (κ1) is 26.6. The second-order valence-corrected chi connectivity index (χ2v) is 12.3. The van der Waals surface area contributed by atoms with Gasteiger partial charge in [0, 0.05) is 42.5 Å². The van der Waals surface area contributed by atoms with Crippen molar-refractivity contribution in [1.82, 2.24) is 4.90 Å². The molecule has 5 atom stereocenters. The van der Waals surface area contributed by atoms with E-state index in [1.165, 1.54) is 30.0 Å². The zero-order valence-corrected chi connectivity index (χ0v) is 23.0. The van der Waals surface area contributed by atoms with E-state index < -0.39 is 4.92 Å². The van der Waals surface area contributed by atoms with E-state index in [-0.39, 0.29) is 50.7 Å². The van der Waals surface area contributed by atoms with Crippen molar-refractivity contribution in [1.29, 1.82) is 0 Å². The van der Waals surface area contributed by atoms with Crippen molar-refractivity contribution in [3.8, 4) is 0 Å². The summed E-state index contributed by atoms with van der Waals surface area (Å²) in [6.45, 7) is 1.46. The van der Waals surface area contributed by atoms with Crippen molar-refractivity contribution in [2.24, 2.45) is 5.92 Å². The van der Waals surface area contributed by atoms with Gasteiger partial charge in [-0.2, -0.15) is 0 Å². The number of rotatable bonds is 6. The van der Waals surface area contributed by atoms with Crippen LogP contribution in [0.25, 0.3) is 0 Å². The number of anilines is 1. The number of fused-ring (bicyclic) bond motifs is 3. The molecule has 3 aliphatic rings. The van der Waals surface area contributed by atoms with E-state index in [4.69, 9.17) is 11.6 Å². The van der Waals surface area contributed by atoms with Gasteiger partial charge in [0.25, 0.3) is 17.3 Å². The highest BCUT2D eigenvalue weighted by molar-refractivity contribution is 8.00. The molecular weight excluding hydrogens is 552 g/mol. The Bertz CT molecular complexity index is 1480. The highest BCUT2D eigenvalue weighted by atomic mass is 35.5. The van der Waals surface area contributed by atoms with E-state index in [9.17, 15) is 25.0 Å². The molecule has 1 amide bonds. The Morgan fingerprint density at radius 1 is 0.950 bits per heavy atom. The maximum Gasteiger partial charge on any atom is 0.282 e. The number of thioether (sulfide) groups is 1. The molecule has 11 heteroatoms. The van der Waals surface area contributed by atoms with Gasteiger partial charge in [-0.3, -0.25) is 25.0 Å². The number of para-hydroxylation sites is 2. The van der Waals surface area contributed by atoms with E-state index in [1.54, 1.807) is 30.3 Å². The molecule has 1 saturated carbocycles. The molecule has 0 spiro atoms. The minimum absolute atomic E-state index is 0.00729. The molecule has 1 aliphatic carbocycles. The van der Waals surface area contributed by atoms with Crippen molar-refractivity contribution in [2.45, 2.75) is 46.7 Å². The first-order chi connectivity index (χ1) is 19.3. The zero-order chi connectivity index (χ0) is 28.0. The molecule has 2 fully saturated rings. The number of nitro groups is 2. The van der Waals surface area contributed by atoms with Crippen LogP contribution < -0.4 is 5.32 Å². The van der Waals surface area contributed by atoms with Gasteiger partial charge < -0.3 is 10.2 Å². The predicted octanol–water partition coefficient (Wildman–Crippen LogP) is 6.78. The van der Waals surface area contributed by atoms with Crippen LogP contribution in [0.2, 0.25) is 0 Å². The van der Waals surface area contributed by atoms with Gasteiger partial charge in [0.2, 0.25) is 0 Å². The van der Waals surface area contributed by atoms with Crippen molar-refractivity contribution in [3.63, 3.8) is 0 Å². The van der Waals surface area contributed by atoms with E-state index >= 15 is 0 Å². The van der Waals surface area contributed by atoms with E-state index in [1.807, 2.05) is 23.1 Å². The molecule has 0 unspecified atom stereocenters. The average Bonchev–Trinajstić information content (AvgIpc) is 3.61. The summed E-state index contributed by atoms with van der Waals surface area (Å²) in [7, 11) is 0. The summed E-state index contributed by atoms with van der Waals surface area (Å²) in [6.07, 6.45) is 2.64. The second kappa shape index (κ2) is 10.7. The van der Waals surface area contributed by atoms with E-state index in [2.05, 4.69) is 5.32 Å². The standard InChI is InChI=1S/C29H27ClN4O5S/c30-26-24(40-23-9-2-1-8-22(23)34(38)39)16-21-25(26)19-6-5-7-20(29(35)32-14-3-4-15-32)28(19)31-27(21)17-10-12-18(13-11-17)33(36)37/h1-2,5-13,21,24-27,31H,3-4,14-16H2/t21-,24-,25-,26+,27-/m0/s1. The number of non-ortho nitro benzene ring substituents is 1. The lowest BCUT2D eigenvalue weighted by Gasteiger charge is -2.39. The van der Waals surface area contributed by atoms with Gasteiger partial charge in [0.15, 0.2) is 0 Å². The number of hydrogen-bond acceptors (Lipinski definition) is 7. The van der Waals surface area contributed by atoms with Crippen LogP contribution in [-0.4, -0.2) is 44.4 Å². The molecule has 2 aliphatic heterocycles. The predicted molar refractivity (Wildman–Crippen MR) is 154 cm³/mol. The molecule has 1 saturated heterocycles. The fourth-order valence-corrected chi connectivity index (χ4v) is 8.36. The number of likely N-dealkylation sites (tertiary alicyclic amines) is 1. The van der Waals surface area contributed by atoms with Crippen molar-refractivity contribution < 1.29 is 14.6 Å². The third-order valence-corrected chi connectivity index (χ3v) is 10.4. The first-order valence-electron chi connectivity index (χ1n) is 13.3. The van der Waals surface area contributed by atoms with E-state index in [0.717, 1.165) is 42.7 Å². The number of alkyl halides is 1. The summed E-state index contributed by atoms with van der Waals surface area (Å²) in [6, 6.07) is 18.7. The quantitative estimate of drug-likeness (QED) is 0.194. The average molecular weight is 579 g/mol. The van der Waals surface area contributed by atoms with Gasteiger partial charge in [-0.25, -0.2) is 0 Å². The fraction of sp³-hybridized carbons (Fsp3) is 0.345. The topological polar surface area (TPSA) is 119 Å². The smallest absolute Gasteiger partial charge is 0.282 e. The summed E-state index contributed by atoms with van der Waals surface area (Å²) in [5, 5.41) is 26.1. The molecule has 3 aromatic rings. The molecular formula is C29H27ClN4O5S. The molecule has 2 heterocycles. The van der Waals surface area contributed by atoms with Crippen LogP contribution in [0.15, 0.2) is 71.6 Å². The minimum Gasteiger partial charge on any atom is -0.377 e. The number of hydrogen-bond donors (Lipinski definition) is 1. The van der Waals surface area contributed by atoms with Crippen LogP contribution >= 0.6 is 23.4 Å². The third kappa shape index (κ3) is 4.69. The van der Waals surface area contributed by atoms with E-state index in [0.29, 0.717) is 16.9 Å². The Kier molecular flexibility index (Phi) is 7.14. The van der Waals surface area contributed by atoms with Crippen LogP contribution in [0, 0.1) is 26.1 Å². The largest absolute Gasteiger partial charge is 0.377 e. The van der Waals surface area contributed by atoms with Gasteiger partial charge in [-0.1, -0.05) is 36.4 Å². The number of halogens is 1. The van der Waals surface area contributed by atoms with Crippen molar-refractivity contribution >= 4 is 46.3 Å². The lowest BCUT2D eigenvalue weighted by molar-refractivity contribution is -0.387. The molecule has 3 aromatic carbocycles. The maximum atomic E-state index is 13.6. The number of benzene rings is 3. The fourth-order valence-electron chi connectivity index (χ4n) is 6.42. The van der Waals surface area contributed by atoms with Gasteiger partial charge in [0.05, 0.1) is 37.4 Å². The highest BCUT2D eigenvalue weighted by Gasteiger charge is 2.51. The molecule has 0 aromatic heterocycles. The number of amides is 1. The molecule has 0 bridgehead atoms. The number of nitrogens with zero attached hydrogens (tertiary/aromatic N) is 3. The van der Waals surface area contributed by atoms with Crippen LogP contribution in [0.3, 0.4) is 0 Å². The lowest BCUT2D eigenvalue weighted by Crippen LogP contribution is -2.34. The molecule has 9 nitrogen and oxygen atoms in total. The van der Waals surface area contributed by atoms with Crippen molar-refractivity contribution in [2.75, 3.05) is 18.4 Å². The second-order valence-electron chi connectivity index (χ2n) is 10.5. The normalized spacial score (nSPS) is 25.1. The number of nitro benzene ring substituents is 2. The van der Waals surface area contributed by atoms with Crippen molar-refractivity contribution in [3.05, 3.63) is 104 Å². The summed E-state index contributed by atoms with van der Waals surface area (Å²) >= 11 is 8.66. The summed E-state index contributed by atoms with van der Waals surface area (Å²) in [5.41, 5.74) is 3.26. The number of carbonyl (C=O) groups is 1. The highest BCUT2D eigenvalue weighted by Crippen LogP contribution is 2.58. The molecule has 40 heavy (non-hydrogen) atoms. The Morgan fingerprint density at radius 3 is 2.38 bits per heavy atom. The maximum absolute atomic E-state index is 13.6. The monoisotopic (exact) mass is 578 g/mol. The molecule has 6 rings (SSSR count). The zero-order valence-electron chi connectivity index (χ0n) is 21.4. The Morgan fingerprint density at radius 2 is 1.68 bits per heavy atom. The van der Waals surface area contributed by atoms with Crippen LogP contribution in [0.1, 0.15) is 52.7 Å². The van der Waals surface area contributed by atoms with Gasteiger partial charge in [-0.15, -0.1) is 23.4 Å². The Labute approximate surface area is 240 Å². The SMILES string of the molecule is O=C(c1cccc2c1N[C@@H](c1ccc([N+](=O)[O-])cc1)[C@H]1C[C@H](Sc3ccccc3[N+](=O)[O-])[C@@H](Cl)[C@@H]21)N1CCCC1. The summed E-state index contributed by atoms with van der Waals surface area (Å²) < 4.78 is 0. The first-order valence-corrected chi connectivity index (χ1v) is 14.6. The summed E-state index contributed by atoms with van der Waals surface area (Å²) in [4.78, 5) is 38.2. The minimum atomic E-state index is -0.424. The molecule has 0 radical (unpaired) electrons. The van der Waals surface area contributed by atoms with Crippen LogP contribution in [0.5, 0.6) is 0 Å². The number of carbonyl (C=O) groups excluding carboxylic acids is 1.